The molecule has 0 radical (unpaired) electrons. The molecule has 17 heteroatoms. The van der Waals surface area contributed by atoms with E-state index in [4.69, 9.17) is 12.2 Å². The molecule has 3 aromatic rings. The number of carboxylic acids is 2. The molecular formula is C28H25N3O9S5. The van der Waals surface area contributed by atoms with Crippen LogP contribution in [0, 0.1) is 0 Å². The number of rotatable bonds is 10. The molecule has 0 saturated carbocycles. The summed E-state index contributed by atoms with van der Waals surface area (Å²) in [6.07, 6.45) is 2.27. The SMILES string of the molecule is CCC(C=C1Sc2ccc3ccccc3c2N1CCCS(=O)(=O)O)=c1sc(=C2SC(=S)N(CC(=O)O)C2=O)n(CC(=O)O)c1=O. The topological polar surface area (TPSA) is 175 Å². The number of allylic oxidation sites excluding steroid dienone is 1. The van der Waals surface area contributed by atoms with Gasteiger partial charge in [-0.05, 0) is 35.9 Å². The van der Waals surface area contributed by atoms with Gasteiger partial charge in [-0.3, -0.25) is 33.2 Å². The first-order chi connectivity index (χ1) is 21.3. The Bertz CT molecular complexity index is 2100. The standard InChI is InChI=1S/C28H25N3O9S5/c1-2-15(23-25(36)30(13-20(32)33)27(43-23)24-26(37)31(14-21(34)35)28(41)44-24)12-19-29(10-5-11-45(38,39)40)22-17-7-4-3-6-16(17)8-9-18(22)42-19/h3-4,6-9,12H,2,5,10-11,13-14H2,1H3,(H,32,33)(H,34,35)(H,38,39,40). The van der Waals surface area contributed by atoms with Crippen molar-refractivity contribution in [2.45, 2.75) is 31.2 Å². The van der Waals surface area contributed by atoms with Crippen molar-refractivity contribution in [2.24, 2.45) is 0 Å². The zero-order valence-corrected chi connectivity index (χ0v) is 27.5. The maximum atomic E-state index is 13.7. The largest absolute Gasteiger partial charge is 0.480 e. The third-order valence-electron chi connectivity index (χ3n) is 6.88. The number of amides is 1. The number of nitrogens with zero attached hydrogens (tertiary/aromatic N) is 3. The van der Waals surface area contributed by atoms with Gasteiger partial charge in [0.1, 0.15) is 27.0 Å². The average Bonchev–Trinajstić information content (AvgIpc) is 3.57. The number of carboxylic acid groups (broad SMARTS) is 2. The molecule has 1 fully saturated rings. The molecule has 5 rings (SSSR count). The van der Waals surface area contributed by atoms with Crippen LogP contribution >= 0.6 is 47.1 Å². The zero-order valence-electron chi connectivity index (χ0n) is 23.5. The number of aromatic nitrogens is 1. The molecule has 2 aliphatic heterocycles. The van der Waals surface area contributed by atoms with E-state index in [-0.39, 0.29) is 31.4 Å². The van der Waals surface area contributed by atoms with Crippen molar-refractivity contribution in [3.63, 3.8) is 0 Å². The molecule has 2 aromatic carbocycles. The van der Waals surface area contributed by atoms with Crippen molar-refractivity contribution in [2.75, 3.05) is 23.7 Å². The number of hydrogen-bond donors (Lipinski definition) is 3. The van der Waals surface area contributed by atoms with Crippen molar-refractivity contribution in [3.05, 3.63) is 67.1 Å². The Kier molecular flexibility index (Phi) is 9.57. The highest BCUT2D eigenvalue weighted by Gasteiger charge is 2.36. The van der Waals surface area contributed by atoms with Crippen LogP contribution < -0.4 is 19.7 Å². The minimum Gasteiger partial charge on any atom is -0.480 e. The second-order valence-electron chi connectivity index (χ2n) is 9.89. The van der Waals surface area contributed by atoms with Crippen molar-refractivity contribution in [1.82, 2.24) is 9.47 Å². The maximum absolute atomic E-state index is 13.7. The van der Waals surface area contributed by atoms with Gasteiger partial charge in [0.25, 0.3) is 21.6 Å². The Morgan fingerprint density at radius 2 is 1.71 bits per heavy atom. The first kappa shape index (κ1) is 32.9. The number of thiazole rings is 1. The van der Waals surface area contributed by atoms with Gasteiger partial charge in [0, 0.05) is 16.8 Å². The van der Waals surface area contributed by atoms with Gasteiger partial charge in [-0.2, -0.15) is 8.42 Å². The summed E-state index contributed by atoms with van der Waals surface area (Å²) in [6, 6.07) is 11.7. The maximum Gasteiger partial charge on any atom is 0.323 e. The highest BCUT2D eigenvalue weighted by molar-refractivity contribution is 8.30. The number of benzene rings is 2. The van der Waals surface area contributed by atoms with Crippen LogP contribution in [0.4, 0.5) is 5.69 Å². The third kappa shape index (κ3) is 6.87. The summed E-state index contributed by atoms with van der Waals surface area (Å²) in [6.45, 7) is 0.669. The Morgan fingerprint density at radius 3 is 2.38 bits per heavy atom. The van der Waals surface area contributed by atoms with Gasteiger partial charge in [-0.1, -0.05) is 73.0 Å². The highest BCUT2D eigenvalue weighted by atomic mass is 32.2. The Morgan fingerprint density at radius 1 is 1.00 bits per heavy atom. The molecule has 2 aliphatic rings. The van der Waals surface area contributed by atoms with Gasteiger partial charge in [0.2, 0.25) is 0 Å². The summed E-state index contributed by atoms with van der Waals surface area (Å²) >= 11 is 8.37. The predicted molar refractivity (Wildman–Crippen MR) is 178 cm³/mol. The molecule has 3 N–H and O–H groups in total. The molecular weight excluding hydrogens is 683 g/mol. The van der Waals surface area contributed by atoms with Gasteiger partial charge < -0.3 is 15.1 Å². The monoisotopic (exact) mass is 707 g/mol. The van der Waals surface area contributed by atoms with Crippen LogP contribution in [0.25, 0.3) is 21.3 Å². The Hall–Kier alpha value is -3.48. The van der Waals surface area contributed by atoms with E-state index in [1.807, 2.05) is 48.2 Å². The van der Waals surface area contributed by atoms with Crippen molar-refractivity contribution < 1.29 is 37.6 Å². The molecule has 1 amide bonds. The average molecular weight is 708 g/mol. The van der Waals surface area contributed by atoms with Crippen molar-refractivity contribution >= 4 is 106 Å². The van der Waals surface area contributed by atoms with Crippen LogP contribution in [0.3, 0.4) is 0 Å². The molecule has 0 aliphatic carbocycles. The molecule has 1 aromatic heterocycles. The molecule has 12 nitrogen and oxygen atoms in total. The van der Waals surface area contributed by atoms with Gasteiger partial charge in [0.05, 0.1) is 21.0 Å². The first-order valence-corrected chi connectivity index (χ1v) is 17.8. The number of thioether (sulfide) groups is 2. The summed E-state index contributed by atoms with van der Waals surface area (Å²) in [7, 11) is -4.19. The van der Waals surface area contributed by atoms with E-state index in [2.05, 4.69) is 0 Å². The number of carbonyl (C=O) groups excluding carboxylic acids is 1. The lowest BCUT2D eigenvalue weighted by atomic mass is 10.1. The molecule has 45 heavy (non-hydrogen) atoms. The number of hydrogen-bond acceptors (Lipinski definition) is 11. The zero-order chi connectivity index (χ0) is 32.6. The third-order valence-corrected chi connectivity index (χ3v) is 11.6. The summed E-state index contributed by atoms with van der Waals surface area (Å²) in [5.41, 5.74) is 0.787. The van der Waals surface area contributed by atoms with Crippen molar-refractivity contribution in [3.8, 4) is 0 Å². The van der Waals surface area contributed by atoms with Gasteiger partial charge in [-0.15, -0.1) is 11.3 Å². The second kappa shape index (κ2) is 13.1. The smallest absolute Gasteiger partial charge is 0.323 e. The van der Waals surface area contributed by atoms with E-state index in [9.17, 15) is 42.4 Å². The quantitative estimate of drug-likeness (QED) is 0.207. The molecule has 3 heterocycles. The number of aliphatic carboxylic acids is 2. The minimum absolute atomic E-state index is 0.0173. The fourth-order valence-electron chi connectivity index (χ4n) is 4.94. The van der Waals surface area contributed by atoms with Crippen molar-refractivity contribution in [1.29, 1.82) is 0 Å². The van der Waals surface area contributed by atoms with Crippen LogP contribution in [-0.4, -0.2) is 73.7 Å². The summed E-state index contributed by atoms with van der Waals surface area (Å²) in [5, 5.41) is 21.4. The lowest BCUT2D eigenvalue weighted by Crippen LogP contribution is -2.37. The fraction of sp³-hybridized carbons (Fsp3) is 0.250. The van der Waals surface area contributed by atoms with Crippen LogP contribution in [0.2, 0.25) is 0 Å². The van der Waals surface area contributed by atoms with E-state index in [1.165, 1.54) is 11.8 Å². The van der Waals surface area contributed by atoms with Crippen LogP contribution in [0.15, 0.2) is 57.2 Å². The van der Waals surface area contributed by atoms with Gasteiger partial charge >= 0.3 is 11.9 Å². The fourth-order valence-corrected chi connectivity index (χ4v) is 9.25. The molecule has 1 saturated heterocycles. The van der Waals surface area contributed by atoms with E-state index in [0.717, 1.165) is 53.9 Å². The van der Waals surface area contributed by atoms with Gasteiger partial charge in [0.15, 0.2) is 0 Å². The Balaban J connectivity index is 1.69. The lowest BCUT2D eigenvalue weighted by Gasteiger charge is -2.22. The molecule has 236 valence electrons. The number of carbonyl (C=O) groups is 3. The summed E-state index contributed by atoms with van der Waals surface area (Å²) in [5.74, 6) is -3.75. The number of fused-ring (bicyclic) bond motifs is 3. The second-order valence-corrected chi connectivity index (χ2v) is 15.2. The predicted octanol–water partition coefficient (Wildman–Crippen LogP) is 2.49. The highest BCUT2D eigenvalue weighted by Crippen LogP contribution is 2.50. The minimum atomic E-state index is -4.19. The number of thiocarbonyl (C=S) groups is 1. The molecule has 0 atom stereocenters. The van der Waals surface area contributed by atoms with Crippen LogP contribution in [-0.2, 0) is 31.0 Å². The summed E-state index contributed by atoms with van der Waals surface area (Å²) < 4.78 is 33.6. The molecule has 0 spiro atoms. The normalized spacial score (nSPS) is 17.9. The first-order valence-electron chi connectivity index (χ1n) is 13.4. The van der Waals surface area contributed by atoms with E-state index in [0.29, 0.717) is 17.0 Å². The lowest BCUT2D eigenvalue weighted by molar-refractivity contribution is -0.140. The number of anilines is 1. The summed E-state index contributed by atoms with van der Waals surface area (Å²) in [4.78, 5) is 53.6. The van der Waals surface area contributed by atoms with E-state index >= 15 is 0 Å². The molecule has 0 unspecified atom stereocenters. The molecule has 0 bridgehead atoms. The van der Waals surface area contributed by atoms with E-state index < -0.39 is 52.4 Å². The van der Waals surface area contributed by atoms with Gasteiger partial charge in [-0.25, -0.2) is 0 Å². The Labute approximate surface area is 274 Å². The van der Waals surface area contributed by atoms with Crippen LogP contribution in [0.5, 0.6) is 0 Å². The van der Waals surface area contributed by atoms with E-state index in [1.54, 1.807) is 6.08 Å². The van der Waals surface area contributed by atoms with Crippen LogP contribution in [0.1, 0.15) is 19.8 Å².